The van der Waals surface area contributed by atoms with Gasteiger partial charge in [-0.25, -0.2) is 40.2 Å². The normalized spacial score (nSPS) is 11.5. The molecule has 3 heterocycles. The predicted octanol–water partition coefficient (Wildman–Crippen LogP) is 9.06. The third kappa shape index (κ3) is 13.5. The van der Waals surface area contributed by atoms with Crippen LogP contribution in [0.1, 0.15) is 13.8 Å². The Morgan fingerprint density at radius 1 is 0.463 bits per heavy atom. The second-order valence-electron chi connectivity index (χ2n) is 16.8. The van der Waals surface area contributed by atoms with Gasteiger partial charge in [0.05, 0.1) is 53.4 Å². The quantitative estimate of drug-likeness (QED) is 0.0241. The fraction of sp³-hybridized carbons (Fsp3) is 0.113. The number of nitrogens with two attached hydrogens (primary N) is 4. The van der Waals surface area contributed by atoms with Gasteiger partial charge in [0.25, 0.3) is 30.1 Å². The lowest BCUT2D eigenvalue weighted by atomic mass is 10.1. The number of anilines is 3. The van der Waals surface area contributed by atoms with Crippen LogP contribution in [0.15, 0.2) is 189 Å². The smallest absolute Gasteiger partial charge is 0.264 e. The van der Waals surface area contributed by atoms with E-state index in [9.17, 15) is 35.5 Å². The van der Waals surface area contributed by atoms with Crippen molar-refractivity contribution in [2.75, 3.05) is 32.5 Å². The number of benzene rings is 6. The van der Waals surface area contributed by atoms with Crippen molar-refractivity contribution in [3.05, 3.63) is 184 Å². The summed E-state index contributed by atoms with van der Waals surface area (Å²) >= 11 is 24.5. The van der Waals surface area contributed by atoms with Gasteiger partial charge in [-0.3, -0.25) is 12.9 Å². The molecular formula is C53H50Cl4N12O8S3. The fourth-order valence-corrected chi connectivity index (χ4v) is 13.4. The van der Waals surface area contributed by atoms with Crippen molar-refractivity contribution in [3.63, 3.8) is 0 Å². The fourth-order valence-electron chi connectivity index (χ4n) is 8.04. The second-order valence-corrected chi connectivity index (χ2v) is 24.0. The van der Waals surface area contributed by atoms with Gasteiger partial charge in [0.1, 0.15) is 5.15 Å². The molecule has 0 aliphatic rings. The van der Waals surface area contributed by atoms with Crippen molar-refractivity contribution in [2.24, 2.45) is 32.9 Å². The van der Waals surface area contributed by atoms with Crippen LogP contribution in [0.25, 0.3) is 32.3 Å². The van der Waals surface area contributed by atoms with Crippen molar-refractivity contribution < 1.29 is 35.5 Å². The van der Waals surface area contributed by atoms with E-state index in [1.807, 2.05) is 12.1 Å². The molecule has 6 aromatic carbocycles. The van der Waals surface area contributed by atoms with Gasteiger partial charge in [-0.05, 0) is 86.6 Å². The standard InChI is InChI=1S/C18H18ClN5O4S.C18H18ClN5O2S.C17H14Cl2N2O2S/c19-15-9-22-17(23-18(20)21)14-8-12(6-7-13(14)15)29(27,28)24(10-16(25)26)11-4-2-1-3-5-11;1-2-24(12-6-4-3-5-7-12)27(25,26)13-8-9-14-15(10-13)17(23-18(20)21)22-11-16(14)19;1-2-21(12-6-4-3-5-7-12)24(22,23)13-8-9-14-15(10-13)17(19)20-11-16(14)18/h1-9,16,25-26H,10H2,(H4,20,21,22,23);3-11H,2H2,1H3,(H4,20,21,22,23);3-11H,2H2,1H3. The summed E-state index contributed by atoms with van der Waals surface area (Å²) in [5.74, 6) is -0.119. The first-order chi connectivity index (χ1) is 38.0. The minimum atomic E-state index is -4.17. The first-order valence-corrected chi connectivity index (χ1v) is 29.5. The van der Waals surface area contributed by atoms with Gasteiger partial charge >= 0.3 is 0 Å². The maximum absolute atomic E-state index is 13.3. The van der Waals surface area contributed by atoms with E-state index in [2.05, 4.69) is 24.9 Å². The third-order valence-corrected chi connectivity index (χ3v) is 18.4. The Morgan fingerprint density at radius 3 is 1.11 bits per heavy atom. The molecule has 10 N–H and O–H groups in total. The molecule has 0 atom stereocenters. The number of pyridine rings is 3. The number of rotatable bonds is 15. The van der Waals surface area contributed by atoms with E-state index in [4.69, 9.17) is 69.3 Å². The van der Waals surface area contributed by atoms with Gasteiger partial charge < -0.3 is 33.1 Å². The Kier molecular flexibility index (Phi) is 19.3. The van der Waals surface area contributed by atoms with E-state index in [0.29, 0.717) is 65.3 Å². The second kappa shape index (κ2) is 25.7. The molecule has 20 nitrogen and oxygen atoms in total. The lowest BCUT2D eigenvalue weighted by Gasteiger charge is -2.25. The number of nitrogens with zero attached hydrogens (tertiary/aromatic N) is 8. The average molecular weight is 1220 g/mol. The molecule has 0 spiro atoms. The van der Waals surface area contributed by atoms with Gasteiger partial charge in [0.15, 0.2) is 29.8 Å². The molecule has 9 aromatic rings. The Morgan fingerprint density at radius 2 is 0.775 bits per heavy atom. The van der Waals surface area contributed by atoms with Crippen LogP contribution in [-0.4, -0.2) is 88.3 Å². The molecule has 80 heavy (non-hydrogen) atoms. The molecule has 0 bridgehead atoms. The number of aromatic nitrogens is 3. The van der Waals surface area contributed by atoms with Crippen LogP contribution in [-0.2, 0) is 30.1 Å². The van der Waals surface area contributed by atoms with E-state index in [0.717, 1.165) is 4.31 Å². The molecule has 0 fully saturated rings. The number of hydrogen-bond donors (Lipinski definition) is 6. The predicted molar refractivity (Wildman–Crippen MR) is 319 cm³/mol. The molecular weight excluding hydrogens is 1170 g/mol. The monoisotopic (exact) mass is 1220 g/mol. The topological polar surface area (TPSA) is 320 Å². The molecule has 0 aliphatic heterocycles. The van der Waals surface area contributed by atoms with Crippen LogP contribution in [0.4, 0.5) is 28.7 Å². The number of aliphatic hydroxyl groups is 2. The first kappa shape index (κ1) is 60.1. The number of fused-ring (bicyclic) bond motifs is 3. The van der Waals surface area contributed by atoms with Crippen LogP contribution in [0.3, 0.4) is 0 Å². The van der Waals surface area contributed by atoms with Crippen molar-refractivity contribution in [1.29, 1.82) is 0 Å². The molecule has 416 valence electrons. The van der Waals surface area contributed by atoms with Gasteiger partial charge in [0, 0.05) is 64.0 Å². The summed E-state index contributed by atoms with van der Waals surface area (Å²) in [7, 11) is -11.7. The number of sulfonamides is 3. The summed E-state index contributed by atoms with van der Waals surface area (Å²) in [6, 6.07) is 39.5. The van der Waals surface area contributed by atoms with Crippen molar-refractivity contribution in [1.82, 2.24) is 15.0 Å². The SMILES string of the molecule is CCN(c1ccccc1)S(=O)(=O)c1ccc2c(Cl)cnc(Cl)c2c1.CCN(c1ccccc1)S(=O)(=O)c1ccc2c(Cl)cnc(N=C(N)N)c2c1.NC(N)=Nc1ncc(Cl)c2ccc(S(=O)(=O)N(CC(O)O)c3ccccc3)cc12. The third-order valence-electron chi connectivity index (χ3n) is 11.6. The highest BCUT2D eigenvalue weighted by Gasteiger charge is 2.29. The van der Waals surface area contributed by atoms with Crippen LogP contribution in [0, 0.1) is 0 Å². The highest BCUT2D eigenvalue weighted by molar-refractivity contribution is 7.93. The lowest BCUT2D eigenvalue weighted by Crippen LogP contribution is -2.37. The highest BCUT2D eigenvalue weighted by atomic mass is 35.5. The molecule has 0 saturated heterocycles. The molecule has 0 unspecified atom stereocenters. The minimum Gasteiger partial charge on any atom is -0.370 e. The summed E-state index contributed by atoms with van der Waals surface area (Å²) < 4.78 is 82.7. The number of halogens is 4. The Balaban J connectivity index is 0.000000174. The zero-order valence-corrected chi connectivity index (χ0v) is 47.7. The van der Waals surface area contributed by atoms with Gasteiger partial charge in [0.2, 0.25) is 0 Å². The van der Waals surface area contributed by atoms with E-state index in [-0.39, 0.29) is 55.6 Å². The summed E-state index contributed by atoms with van der Waals surface area (Å²) in [6.45, 7) is 3.59. The maximum atomic E-state index is 13.3. The zero-order chi connectivity index (χ0) is 58.1. The van der Waals surface area contributed by atoms with Crippen LogP contribution >= 0.6 is 46.4 Å². The lowest BCUT2D eigenvalue weighted by molar-refractivity contribution is -0.0299. The number of hydrogen-bond acceptors (Lipinski definition) is 13. The van der Waals surface area contributed by atoms with Gasteiger partial charge in [-0.15, -0.1) is 0 Å². The van der Waals surface area contributed by atoms with Crippen LogP contribution in [0.2, 0.25) is 20.2 Å². The van der Waals surface area contributed by atoms with Gasteiger partial charge in [-0.2, -0.15) is 9.98 Å². The minimum absolute atomic E-state index is 0.0943. The van der Waals surface area contributed by atoms with Crippen LogP contribution < -0.4 is 35.9 Å². The van der Waals surface area contributed by atoms with Gasteiger partial charge in [-0.1, -0.05) is 119 Å². The molecule has 27 heteroatoms. The molecule has 0 saturated carbocycles. The van der Waals surface area contributed by atoms with Crippen molar-refractivity contribution in [2.45, 2.75) is 34.8 Å². The summed E-state index contributed by atoms with van der Waals surface area (Å²) in [5.41, 5.74) is 23.2. The Bertz CT molecular complexity index is 4120. The molecule has 9 rings (SSSR count). The molecule has 0 amide bonds. The van der Waals surface area contributed by atoms with E-state index in [1.54, 1.807) is 105 Å². The largest absolute Gasteiger partial charge is 0.370 e. The van der Waals surface area contributed by atoms with E-state index >= 15 is 0 Å². The molecule has 3 aromatic heterocycles. The average Bonchev–Trinajstić information content (AvgIpc) is 3.46. The van der Waals surface area contributed by atoms with Crippen molar-refractivity contribution in [3.8, 4) is 0 Å². The first-order valence-electron chi connectivity index (χ1n) is 23.7. The number of guanidine groups is 2. The number of aliphatic hydroxyl groups excluding tert-OH is 1. The van der Waals surface area contributed by atoms with E-state index in [1.165, 1.54) is 69.7 Å². The Hall–Kier alpha value is -7.58. The number of para-hydroxylation sites is 3. The number of aliphatic imine (C=N–C) groups is 2. The maximum Gasteiger partial charge on any atom is 0.264 e. The molecule has 0 aliphatic carbocycles. The molecule has 0 radical (unpaired) electrons. The zero-order valence-electron chi connectivity index (χ0n) is 42.3. The highest BCUT2D eigenvalue weighted by Crippen LogP contribution is 2.36. The van der Waals surface area contributed by atoms with Crippen LogP contribution in [0.5, 0.6) is 0 Å². The van der Waals surface area contributed by atoms with E-state index < -0.39 is 42.9 Å². The van der Waals surface area contributed by atoms with Crippen molar-refractivity contribution >= 4 is 149 Å². The summed E-state index contributed by atoms with van der Waals surface area (Å²) in [6.07, 6.45) is 2.35. The summed E-state index contributed by atoms with van der Waals surface area (Å²) in [4.78, 5) is 20.1. The summed E-state index contributed by atoms with van der Waals surface area (Å²) in [5, 5.41) is 23.2. The Labute approximate surface area is 481 Å².